The summed E-state index contributed by atoms with van der Waals surface area (Å²) in [6, 6.07) is 5.33. The van der Waals surface area contributed by atoms with E-state index in [9.17, 15) is 32.6 Å². The Morgan fingerprint density at radius 1 is 1.23 bits per heavy atom. The summed E-state index contributed by atoms with van der Waals surface area (Å²) in [6.45, 7) is -0.727. The van der Waals surface area contributed by atoms with Gasteiger partial charge in [0.1, 0.15) is 29.5 Å². The number of β-amino-alcohol motifs (C(OH)–C–C–N with tert-alkyl or cyclic N) is 1. The first-order chi connectivity index (χ1) is 13.6. The lowest BCUT2D eigenvalue weighted by Gasteiger charge is -2.16. The number of halogens is 5. The molecule has 12 heteroatoms. The molecule has 3 rings (SSSR count). The Kier molecular flexibility index (Phi) is 7.11. The van der Waals surface area contributed by atoms with E-state index in [4.69, 9.17) is 10.5 Å². The highest BCUT2D eigenvalue weighted by molar-refractivity contribution is 5.95. The minimum atomic E-state index is -4.72. The molecule has 2 atom stereocenters. The maximum Gasteiger partial charge on any atom is 0.433 e. The van der Waals surface area contributed by atoms with Gasteiger partial charge in [-0.2, -0.15) is 13.2 Å². The van der Waals surface area contributed by atoms with Crippen molar-refractivity contribution in [3.63, 3.8) is 0 Å². The van der Waals surface area contributed by atoms with Crippen molar-refractivity contribution in [1.82, 2.24) is 9.88 Å². The summed E-state index contributed by atoms with van der Waals surface area (Å²) in [5, 5.41) is 19.3. The van der Waals surface area contributed by atoms with Crippen LogP contribution in [-0.2, 0) is 12.7 Å². The average Bonchev–Trinajstić information content (AvgIpc) is 2.98. The number of aromatic nitrogens is 1. The van der Waals surface area contributed by atoms with Crippen LogP contribution in [0.5, 0.6) is 17.4 Å². The van der Waals surface area contributed by atoms with Crippen LogP contribution in [0.15, 0.2) is 30.3 Å². The van der Waals surface area contributed by atoms with Crippen LogP contribution in [0.4, 0.5) is 17.6 Å². The molecule has 30 heavy (non-hydrogen) atoms. The van der Waals surface area contributed by atoms with Crippen LogP contribution < -0.4 is 10.5 Å². The number of phenolic OH excluding ortho intramolecular Hbond substituents is 1. The molecular weight excluding hydrogens is 434 g/mol. The Hall–Kier alpha value is -2.63. The molecule has 1 aliphatic heterocycles. The molecule has 1 aliphatic rings. The van der Waals surface area contributed by atoms with E-state index >= 15 is 0 Å². The lowest BCUT2D eigenvalue weighted by Crippen LogP contribution is -2.29. The van der Waals surface area contributed by atoms with Crippen molar-refractivity contribution < 1.29 is 37.3 Å². The molecule has 1 aromatic carbocycles. The molecule has 1 amide bonds. The van der Waals surface area contributed by atoms with Gasteiger partial charge in [0.05, 0.1) is 6.54 Å². The number of hydrogen-bond donors (Lipinski definition) is 3. The molecule has 7 nitrogen and oxygen atoms in total. The number of carbonyl (C=O) groups is 1. The van der Waals surface area contributed by atoms with Crippen molar-refractivity contribution in [3.05, 3.63) is 47.2 Å². The zero-order chi connectivity index (χ0) is 21.3. The molecule has 1 saturated heterocycles. The molecule has 164 valence electrons. The van der Waals surface area contributed by atoms with E-state index in [1.807, 2.05) is 0 Å². The Labute approximate surface area is 174 Å². The first kappa shape index (κ1) is 23.6. The first-order valence-electron chi connectivity index (χ1n) is 8.48. The monoisotopic (exact) mass is 451 g/mol. The standard InChI is InChI=1S/C18H17F4N3O4.ClH/c19-13-7-25(8-14(13)27)17(28)10-3-11(26)5-12(4-10)29-16-2-9(6-23)1-15(24-16)18(20,21)22;/h1-5,13-14,26-27H,6-8,23H2;1H/t13-,14-;/m1./s1. The first-order valence-corrected chi connectivity index (χ1v) is 8.48. The van der Waals surface area contributed by atoms with Crippen molar-refractivity contribution in [2.24, 2.45) is 5.73 Å². The highest BCUT2D eigenvalue weighted by Crippen LogP contribution is 2.32. The predicted octanol–water partition coefficient (Wildman–Crippen LogP) is 2.63. The number of ether oxygens (including phenoxy) is 1. The van der Waals surface area contributed by atoms with Gasteiger partial charge in [-0.25, -0.2) is 9.37 Å². The van der Waals surface area contributed by atoms with Crippen molar-refractivity contribution in [2.45, 2.75) is 25.0 Å². The quantitative estimate of drug-likeness (QED) is 0.617. The molecule has 1 fully saturated rings. The van der Waals surface area contributed by atoms with E-state index in [-0.39, 0.29) is 48.9 Å². The van der Waals surface area contributed by atoms with Crippen LogP contribution in [0.3, 0.4) is 0 Å². The number of hydrogen-bond acceptors (Lipinski definition) is 6. The summed E-state index contributed by atoms with van der Waals surface area (Å²) in [6.07, 6.45) is -7.62. The number of phenols is 1. The molecule has 2 aromatic rings. The van der Waals surface area contributed by atoms with Gasteiger partial charge in [0.15, 0.2) is 0 Å². The summed E-state index contributed by atoms with van der Waals surface area (Å²) in [7, 11) is 0. The third-order valence-corrected chi connectivity index (χ3v) is 4.26. The van der Waals surface area contributed by atoms with Crippen molar-refractivity contribution in [2.75, 3.05) is 13.1 Å². The van der Waals surface area contributed by atoms with E-state index in [0.29, 0.717) is 0 Å². The molecule has 0 saturated carbocycles. The highest BCUT2D eigenvalue weighted by atomic mass is 35.5. The van der Waals surface area contributed by atoms with Gasteiger partial charge in [-0.3, -0.25) is 4.79 Å². The van der Waals surface area contributed by atoms with Crippen molar-refractivity contribution in [3.8, 4) is 17.4 Å². The maximum atomic E-state index is 13.5. The second-order valence-corrected chi connectivity index (χ2v) is 6.51. The van der Waals surface area contributed by atoms with E-state index in [1.54, 1.807) is 0 Å². The number of nitrogens with two attached hydrogens (primary N) is 1. The molecule has 4 N–H and O–H groups in total. The maximum absolute atomic E-state index is 13.5. The number of benzene rings is 1. The molecule has 2 heterocycles. The second kappa shape index (κ2) is 9.02. The van der Waals surface area contributed by atoms with Gasteiger partial charge in [0.2, 0.25) is 5.88 Å². The third-order valence-electron chi connectivity index (χ3n) is 4.26. The minimum Gasteiger partial charge on any atom is -0.508 e. The lowest BCUT2D eigenvalue weighted by molar-refractivity contribution is -0.141. The number of nitrogens with zero attached hydrogens (tertiary/aromatic N) is 2. The number of alkyl halides is 4. The summed E-state index contributed by atoms with van der Waals surface area (Å²) < 4.78 is 57.8. The van der Waals surface area contributed by atoms with Crippen LogP contribution in [-0.4, -0.2) is 51.4 Å². The van der Waals surface area contributed by atoms with Crippen LogP contribution in [0.25, 0.3) is 0 Å². The summed E-state index contributed by atoms with van der Waals surface area (Å²) in [5.74, 6) is -1.65. The minimum absolute atomic E-state index is 0. The number of amides is 1. The van der Waals surface area contributed by atoms with Gasteiger partial charge in [-0.05, 0) is 23.8 Å². The highest BCUT2D eigenvalue weighted by Gasteiger charge is 2.35. The number of aromatic hydroxyl groups is 1. The van der Waals surface area contributed by atoms with Crippen LogP contribution in [0.1, 0.15) is 21.6 Å². The Bertz CT molecular complexity index is 919. The van der Waals surface area contributed by atoms with Crippen LogP contribution in [0.2, 0.25) is 0 Å². The summed E-state index contributed by atoms with van der Waals surface area (Å²) >= 11 is 0. The molecule has 0 radical (unpaired) electrons. The summed E-state index contributed by atoms with van der Waals surface area (Å²) in [5.41, 5.74) is 4.24. The number of aliphatic hydroxyl groups is 1. The average molecular weight is 452 g/mol. The van der Waals surface area contributed by atoms with Gasteiger partial charge in [0.25, 0.3) is 5.91 Å². The number of aliphatic hydroxyl groups excluding tert-OH is 1. The topological polar surface area (TPSA) is 109 Å². The third kappa shape index (κ3) is 5.29. The zero-order valence-corrected chi connectivity index (χ0v) is 16.1. The number of rotatable bonds is 4. The zero-order valence-electron chi connectivity index (χ0n) is 15.3. The Morgan fingerprint density at radius 3 is 2.50 bits per heavy atom. The SMILES string of the molecule is Cl.NCc1cc(Oc2cc(O)cc(C(=O)N3C[C@@H](O)[C@H](F)C3)c2)nc(C(F)(F)F)c1. The predicted molar refractivity (Wildman–Crippen MR) is 99.4 cm³/mol. The molecule has 0 unspecified atom stereocenters. The van der Waals surface area contributed by atoms with E-state index in [0.717, 1.165) is 23.1 Å². The van der Waals surface area contributed by atoms with E-state index in [2.05, 4.69) is 4.98 Å². The molecule has 0 aliphatic carbocycles. The Balaban J connectivity index is 0.00000320. The fraction of sp³-hybridized carbons (Fsp3) is 0.333. The summed E-state index contributed by atoms with van der Waals surface area (Å²) in [4.78, 5) is 16.9. The fourth-order valence-electron chi connectivity index (χ4n) is 2.86. The number of pyridine rings is 1. The van der Waals surface area contributed by atoms with E-state index < -0.39 is 41.7 Å². The second-order valence-electron chi connectivity index (χ2n) is 6.51. The van der Waals surface area contributed by atoms with E-state index in [1.165, 1.54) is 12.1 Å². The molecule has 0 bridgehead atoms. The van der Waals surface area contributed by atoms with Gasteiger partial charge in [-0.1, -0.05) is 0 Å². The van der Waals surface area contributed by atoms with Crippen LogP contribution >= 0.6 is 12.4 Å². The number of carbonyl (C=O) groups excluding carboxylic acids is 1. The van der Waals surface area contributed by atoms with Gasteiger partial charge in [0, 0.05) is 30.8 Å². The van der Waals surface area contributed by atoms with Crippen LogP contribution in [0, 0.1) is 0 Å². The largest absolute Gasteiger partial charge is 0.508 e. The molecular formula is C18H18ClF4N3O4. The smallest absolute Gasteiger partial charge is 0.433 e. The van der Waals surface area contributed by atoms with Gasteiger partial charge < -0.3 is 25.6 Å². The van der Waals surface area contributed by atoms with Crippen molar-refractivity contribution in [1.29, 1.82) is 0 Å². The molecule has 1 aromatic heterocycles. The van der Waals surface area contributed by atoms with Gasteiger partial charge in [-0.15, -0.1) is 12.4 Å². The normalized spacial score (nSPS) is 18.8. The lowest BCUT2D eigenvalue weighted by atomic mass is 10.1. The Morgan fingerprint density at radius 2 is 1.93 bits per heavy atom. The van der Waals surface area contributed by atoms with Crippen molar-refractivity contribution >= 4 is 18.3 Å². The van der Waals surface area contributed by atoms with Gasteiger partial charge >= 0.3 is 6.18 Å². The molecule has 0 spiro atoms. The number of likely N-dealkylation sites (tertiary alicyclic amines) is 1. The fourth-order valence-corrected chi connectivity index (χ4v) is 2.86.